The minimum Gasteiger partial charge on any atom is -0.369 e. The van der Waals surface area contributed by atoms with Crippen LogP contribution >= 0.6 is 0 Å². The Morgan fingerprint density at radius 2 is 1.77 bits per heavy atom. The molecule has 0 aromatic heterocycles. The zero-order chi connectivity index (χ0) is 28.0. The molecule has 0 aliphatic carbocycles. The van der Waals surface area contributed by atoms with E-state index in [4.69, 9.17) is 0 Å². The Kier molecular flexibility index (Phi) is 9.27. The van der Waals surface area contributed by atoms with Gasteiger partial charge in [0.1, 0.15) is 12.3 Å². The zero-order valence-electron chi connectivity index (χ0n) is 22.2. The average Bonchev–Trinajstić information content (AvgIpc) is 3.27. The topological polar surface area (TPSA) is 73.0 Å². The van der Waals surface area contributed by atoms with Crippen LogP contribution in [0.15, 0.2) is 42.5 Å². The average molecular weight is 545 g/mol. The highest BCUT2D eigenvalue weighted by Gasteiger charge is 2.36. The molecule has 2 aromatic rings. The third-order valence-electron chi connectivity index (χ3n) is 7.68. The number of nitrogens with one attached hydrogen (secondary N) is 1. The molecule has 1 N–H and O–H groups in total. The molecule has 0 spiro atoms. The summed E-state index contributed by atoms with van der Waals surface area (Å²) in [4.78, 5) is 42.5. The van der Waals surface area contributed by atoms with E-state index in [1.165, 1.54) is 7.05 Å². The highest BCUT2D eigenvalue weighted by Crippen LogP contribution is 2.31. The maximum absolute atomic E-state index is 13.1. The number of alkyl halides is 3. The molecule has 39 heavy (non-hydrogen) atoms. The zero-order valence-corrected chi connectivity index (χ0v) is 22.2. The number of likely N-dealkylation sites (N-methyl/N-ethyl adjacent to an activating group) is 1. The quantitative estimate of drug-likeness (QED) is 0.343. The second-order valence-electron chi connectivity index (χ2n) is 10.1. The van der Waals surface area contributed by atoms with Crippen molar-refractivity contribution in [3.63, 3.8) is 0 Å². The van der Waals surface area contributed by atoms with Crippen molar-refractivity contribution in [2.45, 2.75) is 50.9 Å². The molecule has 2 heterocycles. The van der Waals surface area contributed by atoms with Gasteiger partial charge in [-0.3, -0.25) is 14.5 Å². The Hall–Kier alpha value is -3.40. The molecule has 1 unspecified atom stereocenters. The second kappa shape index (κ2) is 12.6. The standard InChI is InChI=1S/C29H35F3N4O3/c1-33-27(38)26(9-5-19-37)36-20-25-21(7-4-8-24(25)28(36)39)6-2-3-14-34-15-17-35(18-16-34)23-12-10-22(11-13-23)29(30,31)32/h4,7-8,10-13,19,26H,2-3,5-6,9,14-18,20H2,1H3,(H,33,38). The van der Waals surface area contributed by atoms with Gasteiger partial charge in [-0.15, -0.1) is 0 Å². The van der Waals surface area contributed by atoms with Gasteiger partial charge in [-0.25, -0.2) is 0 Å². The summed E-state index contributed by atoms with van der Waals surface area (Å²) < 4.78 is 38.5. The van der Waals surface area contributed by atoms with Gasteiger partial charge in [-0.1, -0.05) is 12.1 Å². The largest absolute Gasteiger partial charge is 0.416 e. The fraction of sp³-hybridized carbons (Fsp3) is 0.483. The van der Waals surface area contributed by atoms with Crippen molar-refractivity contribution in [2.75, 3.05) is 44.7 Å². The number of halogens is 3. The van der Waals surface area contributed by atoms with E-state index >= 15 is 0 Å². The molecular weight excluding hydrogens is 509 g/mol. The molecule has 2 aromatic carbocycles. The Morgan fingerprint density at radius 1 is 1.05 bits per heavy atom. The van der Waals surface area contributed by atoms with Crippen LogP contribution in [-0.4, -0.2) is 73.7 Å². The van der Waals surface area contributed by atoms with Crippen LogP contribution in [0.4, 0.5) is 18.9 Å². The summed E-state index contributed by atoms with van der Waals surface area (Å²) >= 11 is 0. The summed E-state index contributed by atoms with van der Waals surface area (Å²) in [5.41, 5.74) is 2.89. The number of aldehydes is 1. The maximum atomic E-state index is 13.1. The number of anilines is 1. The van der Waals surface area contributed by atoms with E-state index in [1.54, 1.807) is 23.1 Å². The van der Waals surface area contributed by atoms with Crippen LogP contribution in [0.3, 0.4) is 0 Å². The SMILES string of the molecule is CNC(=O)C(CCC=O)N1Cc2c(CCCCN3CCN(c4ccc(C(F)(F)F)cc4)CC3)cccc2C1=O. The van der Waals surface area contributed by atoms with Crippen molar-refractivity contribution in [3.8, 4) is 0 Å². The van der Waals surface area contributed by atoms with Gasteiger partial charge in [0.25, 0.3) is 5.91 Å². The lowest BCUT2D eigenvalue weighted by atomic mass is 9.98. The van der Waals surface area contributed by atoms with Crippen LogP contribution < -0.4 is 10.2 Å². The first-order valence-electron chi connectivity index (χ1n) is 13.4. The van der Waals surface area contributed by atoms with Crippen LogP contribution in [0.25, 0.3) is 0 Å². The minimum absolute atomic E-state index is 0.169. The molecule has 1 atom stereocenters. The van der Waals surface area contributed by atoms with E-state index in [9.17, 15) is 27.6 Å². The molecular formula is C29H35F3N4O3. The number of hydrogen-bond acceptors (Lipinski definition) is 5. The number of carbonyl (C=O) groups is 3. The van der Waals surface area contributed by atoms with Crippen LogP contribution in [0.1, 0.15) is 52.7 Å². The van der Waals surface area contributed by atoms with E-state index in [-0.39, 0.29) is 18.2 Å². The van der Waals surface area contributed by atoms with E-state index in [1.807, 2.05) is 12.1 Å². The minimum atomic E-state index is -4.32. The lowest BCUT2D eigenvalue weighted by Crippen LogP contribution is -2.46. The third kappa shape index (κ3) is 6.79. The van der Waals surface area contributed by atoms with Crippen LogP contribution in [0.5, 0.6) is 0 Å². The predicted octanol–water partition coefficient (Wildman–Crippen LogP) is 3.90. The first-order valence-corrected chi connectivity index (χ1v) is 13.4. The third-order valence-corrected chi connectivity index (χ3v) is 7.68. The first-order chi connectivity index (χ1) is 18.7. The Balaban J connectivity index is 1.26. The molecule has 210 valence electrons. The van der Waals surface area contributed by atoms with E-state index < -0.39 is 17.8 Å². The van der Waals surface area contributed by atoms with Crippen LogP contribution in [0, 0.1) is 0 Å². The summed E-state index contributed by atoms with van der Waals surface area (Å²) in [5.74, 6) is -0.435. The Morgan fingerprint density at radius 3 is 2.41 bits per heavy atom. The number of unbranched alkanes of at least 4 members (excludes halogenated alkanes) is 1. The molecule has 10 heteroatoms. The van der Waals surface area contributed by atoms with Gasteiger partial charge in [0.2, 0.25) is 5.91 Å². The summed E-state index contributed by atoms with van der Waals surface area (Å²) in [6.45, 7) is 4.55. The Labute approximate surface area is 226 Å². The lowest BCUT2D eigenvalue weighted by molar-refractivity contribution is -0.137. The van der Waals surface area contributed by atoms with Crippen LogP contribution in [0.2, 0.25) is 0 Å². The molecule has 1 fully saturated rings. The van der Waals surface area contributed by atoms with E-state index in [2.05, 4.69) is 15.1 Å². The van der Waals surface area contributed by atoms with Crippen molar-refractivity contribution in [1.29, 1.82) is 0 Å². The first kappa shape index (κ1) is 28.6. The van der Waals surface area contributed by atoms with E-state index in [0.717, 1.165) is 87.2 Å². The van der Waals surface area contributed by atoms with E-state index in [0.29, 0.717) is 18.5 Å². The number of piperazine rings is 1. The number of nitrogens with zero attached hydrogens (tertiary/aromatic N) is 3. The number of rotatable bonds is 11. The van der Waals surface area contributed by atoms with Crippen molar-refractivity contribution in [3.05, 3.63) is 64.7 Å². The maximum Gasteiger partial charge on any atom is 0.416 e. The summed E-state index contributed by atoms with van der Waals surface area (Å²) in [6.07, 6.45) is -0.279. The molecule has 2 aliphatic rings. The van der Waals surface area contributed by atoms with Gasteiger partial charge in [0, 0.05) is 57.4 Å². The van der Waals surface area contributed by atoms with Gasteiger partial charge < -0.3 is 19.9 Å². The summed E-state index contributed by atoms with van der Waals surface area (Å²) in [6, 6.07) is 10.4. The van der Waals surface area contributed by atoms with Crippen molar-refractivity contribution < 1.29 is 27.6 Å². The molecule has 4 rings (SSSR count). The van der Waals surface area contributed by atoms with Crippen molar-refractivity contribution >= 4 is 23.8 Å². The summed E-state index contributed by atoms with van der Waals surface area (Å²) in [5, 5.41) is 2.61. The van der Waals surface area contributed by atoms with Gasteiger partial charge in [0.05, 0.1) is 5.56 Å². The van der Waals surface area contributed by atoms with Crippen LogP contribution in [-0.2, 0) is 28.7 Å². The molecule has 0 bridgehead atoms. The normalized spacial score (nSPS) is 16.8. The fourth-order valence-corrected chi connectivity index (χ4v) is 5.47. The number of hydrogen-bond donors (Lipinski definition) is 1. The molecule has 1 saturated heterocycles. The highest BCUT2D eigenvalue weighted by molar-refractivity contribution is 6.01. The number of fused-ring (bicyclic) bond motifs is 1. The molecule has 0 saturated carbocycles. The smallest absolute Gasteiger partial charge is 0.369 e. The predicted molar refractivity (Wildman–Crippen MR) is 143 cm³/mol. The number of aryl methyl sites for hydroxylation is 1. The fourth-order valence-electron chi connectivity index (χ4n) is 5.47. The molecule has 7 nitrogen and oxygen atoms in total. The van der Waals surface area contributed by atoms with Crippen molar-refractivity contribution in [1.82, 2.24) is 15.1 Å². The van der Waals surface area contributed by atoms with Gasteiger partial charge in [-0.05, 0) is 73.7 Å². The number of carbonyl (C=O) groups excluding carboxylic acids is 3. The second-order valence-corrected chi connectivity index (χ2v) is 10.1. The monoisotopic (exact) mass is 544 g/mol. The highest BCUT2D eigenvalue weighted by atomic mass is 19.4. The number of amides is 2. The molecule has 0 radical (unpaired) electrons. The number of benzene rings is 2. The lowest BCUT2D eigenvalue weighted by Gasteiger charge is -2.36. The van der Waals surface area contributed by atoms with Crippen molar-refractivity contribution in [2.24, 2.45) is 0 Å². The molecule has 2 aliphatic heterocycles. The molecule has 2 amide bonds. The van der Waals surface area contributed by atoms with Gasteiger partial charge in [-0.2, -0.15) is 13.2 Å². The Bertz CT molecular complexity index is 1160. The van der Waals surface area contributed by atoms with Gasteiger partial charge in [0.15, 0.2) is 0 Å². The summed E-state index contributed by atoms with van der Waals surface area (Å²) in [7, 11) is 1.53. The van der Waals surface area contributed by atoms with Gasteiger partial charge >= 0.3 is 6.18 Å².